The Kier molecular flexibility index (Phi) is 5.57. The predicted octanol–water partition coefficient (Wildman–Crippen LogP) is 4.09. The van der Waals surface area contributed by atoms with Gasteiger partial charge in [-0.2, -0.15) is 0 Å². The van der Waals surface area contributed by atoms with Crippen LogP contribution in [0, 0.1) is 6.92 Å². The van der Waals surface area contributed by atoms with E-state index in [-0.39, 0.29) is 11.4 Å². The minimum Gasteiger partial charge on any atom is -0.332 e. The van der Waals surface area contributed by atoms with E-state index >= 15 is 0 Å². The minimum absolute atomic E-state index is 0.137. The van der Waals surface area contributed by atoms with Crippen LogP contribution in [0.15, 0.2) is 65.6 Å². The molecule has 0 spiro atoms. The third kappa shape index (κ3) is 3.49. The molecule has 0 unspecified atom stereocenters. The summed E-state index contributed by atoms with van der Waals surface area (Å²) < 4.78 is 27.6. The molecule has 4 rings (SSSR count). The normalized spacial score (nSPS) is 19.5. The van der Waals surface area contributed by atoms with Crippen LogP contribution in [0.1, 0.15) is 28.8 Å². The van der Waals surface area contributed by atoms with E-state index in [4.69, 9.17) is 11.6 Å². The Labute approximate surface area is 181 Å². The number of halogens is 1. The number of nitrogens with one attached hydrogen (secondary N) is 2. The Bertz CT molecular complexity index is 1210. The van der Waals surface area contributed by atoms with Crippen molar-refractivity contribution in [3.63, 3.8) is 0 Å². The maximum atomic E-state index is 13.8. The smallest absolute Gasteiger partial charge is 0.253 e. The van der Waals surface area contributed by atoms with Gasteiger partial charge in [-0.1, -0.05) is 54.1 Å². The molecule has 1 aliphatic rings. The van der Waals surface area contributed by atoms with Gasteiger partial charge in [0.25, 0.3) is 5.91 Å². The van der Waals surface area contributed by atoms with Crippen molar-refractivity contribution in [2.24, 2.45) is 0 Å². The van der Waals surface area contributed by atoms with Crippen LogP contribution in [0.2, 0.25) is 5.02 Å². The second kappa shape index (κ2) is 8.02. The highest BCUT2D eigenvalue weighted by atomic mass is 35.5. The number of rotatable bonds is 4. The summed E-state index contributed by atoms with van der Waals surface area (Å²) in [7, 11) is -3.91. The molecule has 7 heteroatoms. The summed E-state index contributed by atoms with van der Waals surface area (Å²) in [6, 6.07) is 17.9. The number of fused-ring (bicyclic) bond motifs is 1. The number of sulfone groups is 1. The number of benzene rings is 3. The van der Waals surface area contributed by atoms with Crippen LogP contribution in [0.4, 0.5) is 0 Å². The average molecular weight is 443 g/mol. The maximum absolute atomic E-state index is 13.8. The van der Waals surface area contributed by atoms with Crippen LogP contribution >= 0.6 is 11.6 Å². The van der Waals surface area contributed by atoms with E-state index in [1.54, 1.807) is 37.3 Å². The summed E-state index contributed by atoms with van der Waals surface area (Å²) in [5, 5.41) is 8.14. The van der Waals surface area contributed by atoms with E-state index in [1.807, 2.05) is 30.3 Å². The number of carbonyl (C=O) groups excluding carboxylic acids is 1. The summed E-state index contributed by atoms with van der Waals surface area (Å²) in [4.78, 5) is 12.0. The molecular formula is C23H23ClN2O3S. The van der Waals surface area contributed by atoms with Gasteiger partial charge < -0.3 is 10.6 Å². The van der Waals surface area contributed by atoms with Crippen molar-refractivity contribution in [2.75, 3.05) is 13.1 Å². The van der Waals surface area contributed by atoms with E-state index in [2.05, 4.69) is 10.6 Å². The van der Waals surface area contributed by atoms with Gasteiger partial charge in [-0.25, -0.2) is 8.42 Å². The molecule has 1 fully saturated rings. The lowest BCUT2D eigenvalue weighted by atomic mass is 10.0. The number of carbonyl (C=O) groups is 1. The first kappa shape index (κ1) is 20.8. The molecule has 2 N–H and O–H groups in total. The fourth-order valence-electron chi connectivity index (χ4n) is 4.07. The first-order valence-electron chi connectivity index (χ1n) is 9.86. The largest absolute Gasteiger partial charge is 0.332 e. The van der Waals surface area contributed by atoms with Gasteiger partial charge in [0.15, 0.2) is 4.87 Å². The fraction of sp³-hybridized carbons (Fsp3) is 0.261. The van der Waals surface area contributed by atoms with Crippen LogP contribution in [-0.2, 0) is 9.84 Å². The number of hydrogen-bond acceptors (Lipinski definition) is 4. The second-order valence-electron chi connectivity index (χ2n) is 7.62. The van der Waals surface area contributed by atoms with E-state index in [9.17, 15) is 13.2 Å². The Balaban J connectivity index is 1.79. The van der Waals surface area contributed by atoms with E-state index in [0.29, 0.717) is 35.5 Å². The van der Waals surface area contributed by atoms with Gasteiger partial charge in [-0.15, -0.1) is 0 Å². The highest BCUT2D eigenvalue weighted by Crippen LogP contribution is 2.34. The zero-order chi connectivity index (χ0) is 21.4. The Hall–Kier alpha value is -2.41. The average Bonchev–Trinajstić information content (AvgIpc) is 2.75. The molecule has 0 aromatic heterocycles. The fourth-order valence-corrected chi connectivity index (χ4v) is 6.42. The lowest BCUT2D eigenvalue weighted by Crippen LogP contribution is -2.62. The van der Waals surface area contributed by atoms with Gasteiger partial charge >= 0.3 is 0 Å². The van der Waals surface area contributed by atoms with Crippen molar-refractivity contribution >= 4 is 38.1 Å². The highest BCUT2D eigenvalue weighted by molar-refractivity contribution is 7.93. The van der Waals surface area contributed by atoms with Crippen molar-refractivity contribution in [3.05, 3.63) is 76.8 Å². The molecular weight excluding hydrogens is 420 g/mol. The predicted molar refractivity (Wildman–Crippen MR) is 120 cm³/mol. The van der Waals surface area contributed by atoms with Gasteiger partial charge in [-0.05, 0) is 60.8 Å². The minimum atomic E-state index is -3.91. The summed E-state index contributed by atoms with van der Waals surface area (Å²) in [5.41, 5.74) is 0.944. The molecule has 5 nitrogen and oxygen atoms in total. The summed E-state index contributed by atoms with van der Waals surface area (Å²) >= 11 is 6.20. The molecule has 1 heterocycles. The van der Waals surface area contributed by atoms with Crippen molar-refractivity contribution in [2.45, 2.75) is 29.5 Å². The van der Waals surface area contributed by atoms with Crippen LogP contribution in [-0.4, -0.2) is 32.3 Å². The molecule has 1 aliphatic heterocycles. The molecule has 0 radical (unpaired) electrons. The van der Waals surface area contributed by atoms with Gasteiger partial charge in [-0.3, -0.25) is 4.79 Å². The third-order valence-electron chi connectivity index (χ3n) is 5.74. The first-order valence-corrected chi connectivity index (χ1v) is 11.7. The van der Waals surface area contributed by atoms with Crippen LogP contribution < -0.4 is 10.6 Å². The first-order chi connectivity index (χ1) is 14.4. The zero-order valence-corrected chi connectivity index (χ0v) is 18.2. The van der Waals surface area contributed by atoms with E-state index < -0.39 is 20.6 Å². The molecule has 3 aromatic rings. The number of piperidine rings is 1. The second-order valence-corrected chi connectivity index (χ2v) is 10.3. The highest BCUT2D eigenvalue weighted by Gasteiger charge is 2.47. The Morgan fingerprint density at radius 2 is 1.80 bits per heavy atom. The van der Waals surface area contributed by atoms with Crippen LogP contribution in [0.3, 0.4) is 0 Å². The third-order valence-corrected chi connectivity index (χ3v) is 8.65. The lowest BCUT2D eigenvalue weighted by Gasteiger charge is -2.38. The van der Waals surface area contributed by atoms with Crippen molar-refractivity contribution < 1.29 is 13.2 Å². The molecule has 1 atom stereocenters. The van der Waals surface area contributed by atoms with Gasteiger partial charge in [0, 0.05) is 17.1 Å². The van der Waals surface area contributed by atoms with Gasteiger partial charge in [0.05, 0.1) is 4.90 Å². The van der Waals surface area contributed by atoms with Crippen LogP contribution in [0.25, 0.3) is 10.8 Å². The SMILES string of the molecule is Cc1c(Cl)cccc1S(=O)(=O)[C@@]1(NC(=O)c2cccc3ccccc23)CCCNC1. The quantitative estimate of drug-likeness (QED) is 0.638. The van der Waals surface area contributed by atoms with Gasteiger partial charge in [0.1, 0.15) is 0 Å². The van der Waals surface area contributed by atoms with Crippen LogP contribution in [0.5, 0.6) is 0 Å². The summed E-state index contributed by atoms with van der Waals surface area (Å²) in [6.45, 7) is 2.53. The van der Waals surface area contributed by atoms with Crippen molar-refractivity contribution in [1.82, 2.24) is 10.6 Å². The Morgan fingerprint density at radius 1 is 1.07 bits per heavy atom. The van der Waals surface area contributed by atoms with E-state index in [0.717, 1.165) is 10.8 Å². The number of amides is 1. The molecule has 0 saturated carbocycles. The van der Waals surface area contributed by atoms with E-state index in [1.165, 1.54) is 0 Å². The molecule has 0 aliphatic carbocycles. The van der Waals surface area contributed by atoms with Crippen molar-refractivity contribution in [3.8, 4) is 0 Å². The van der Waals surface area contributed by atoms with Gasteiger partial charge in [0.2, 0.25) is 9.84 Å². The zero-order valence-electron chi connectivity index (χ0n) is 16.6. The topological polar surface area (TPSA) is 75.3 Å². The standard InChI is InChI=1S/C23H23ClN2O3S/c1-16-20(24)11-5-12-21(16)30(28,29)23(13-6-14-25-15-23)26-22(27)19-10-4-8-17-7-2-3-9-18(17)19/h2-5,7-12,25H,6,13-15H2,1H3,(H,26,27)/t23-/m0/s1. The molecule has 1 amide bonds. The molecule has 30 heavy (non-hydrogen) atoms. The Morgan fingerprint density at radius 3 is 2.57 bits per heavy atom. The molecule has 1 saturated heterocycles. The number of hydrogen-bond donors (Lipinski definition) is 2. The molecule has 3 aromatic carbocycles. The van der Waals surface area contributed by atoms with Crippen molar-refractivity contribution in [1.29, 1.82) is 0 Å². The summed E-state index contributed by atoms with van der Waals surface area (Å²) in [6.07, 6.45) is 0.958. The summed E-state index contributed by atoms with van der Waals surface area (Å²) in [5.74, 6) is -0.404. The molecule has 0 bridgehead atoms. The molecule has 156 valence electrons. The monoisotopic (exact) mass is 442 g/mol. The lowest BCUT2D eigenvalue weighted by molar-refractivity contribution is 0.0918. The maximum Gasteiger partial charge on any atom is 0.253 e.